The van der Waals surface area contributed by atoms with Gasteiger partial charge in [-0.05, 0) is 53.6 Å². The van der Waals surface area contributed by atoms with Crippen LogP contribution in [0.15, 0.2) is 53.3 Å². The molecule has 9 heteroatoms. The molecule has 2 aromatic carbocycles. The van der Waals surface area contributed by atoms with E-state index in [9.17, 15) is 9.59 Å². The number of H-pyrrole nitrogens is 1. The number of hydrogen-bond donors (Lipinski definition) is 1. The standard InChI is InChI=1S/C28H32N6O3/c1-28(2,3)21-9-5-18(6-10-21)17-34-25-23(31-32-34)26(35)30-24(29-25)19-13-15-33(16-14-19)27(36)20-7-11-22(37-4)12-8-20/h5-12,19H,13-17H2,1-4H3,(H,29,30,35). The number of hydrogen-bond acceptors (Lipinski definition) is 6. The number of benzene rings is 2. The van der Waals surface area contributed by atoms with Crippen LogP contribution in [0.1, 0.15) is 66.8 Å². The topological polar surface area (TPSA) is 106 Å². The summed E-state index contributed by atoms with van der Waals surface area (Å²) < 4.78 is 6.86. The molecule has 0 unspecified atom stereocenters. The first-order chi connectivity index (χ1) is 17.7. The number of carbonyl (C=O) groups excluding carboxylic acids is 1. The van der Waals surface area contributed by atoms with Crippen molar-refractivity contribution in [2.45, 2.75) is 51.5 Å². The van der Waals surface area contributed by atoms with Gasteiger partial charge in [0.15, 0.2) is 11.2 Å². The van der Waals surface area contributed by atoms with E-state index in [-0.39, 0.29) is 28.3 Å². The number of aromatic nitrogens is 5. The van der Waals surface area contributed by atoms with E-state index in [1.54, 1.807) is 36.1 Å². The summed E-state index contributed by atoms with van der Waals surface area (Å²) in [4.78, 5) is 35.3. The zero-order valence-electron chi connectivity index (χ0n) is 21.7. The van der Waals surface area contributed by atoms with Crippen molar-refractivity contribution in [3.8, 4) is 5.75 Å². The molecule has 3 heterocycles. The molecule has 0 saturated carbocycles. The molecule has 1 amide bonds. The average molecular weight is 501 g/mol. The second kappa shape index (κ2) is 9.80. The van der Waals surface area contributed by atoms with Crippen LogP contribution in [-0.4, -0.2) is 56.0 Å². The van der Waals surface area contributed by atoms with Gasteiger partial charge in [0.25, 0.3) is 11.5 Å². The van der Waals surface area contributed by atoms with Gasteiger partial charge in [0.1, 0.15) is 11.6 Å². The monoisotopic (exact) mass is 500 g/mol. The normalized spacial score (nSPS) is 14.8. The molecule has 0 aliphatic carbocycles. The Morgan fingerprint density at radius 3 is 2.35 bits per heavy atom. The molecule has 2 aromatic heterocycles. The van der Waals surface area contributed by atoms with E-state index in [1.807, 2.05) is 4.90 Å². The third-order valence-corrected chi connectivity index (χ3v) is 7.05. The number of likely N-dealkylation sites (tertiary alicyclic amines) is 1. The number of piperidine rings is 1. The SMILES string of the molecule is COc1ccc(C(=O)N2CCC(c3nc4c(nnn4Cc4ccc(C(C)(C)C)cc4)c(=O)[nH]3)CC2)cc1. The third kappa shape index (κ3) is 5.12. The molecule has 1 saturated heterocycles. The number of nitrogens with zero attached hydrogens (tertiary/aromatic N) is 5. The van der Waals surface area contributed by atoms with Crippen LogP contribution in [0.5, 0.6) is 5.75 Å². The maximum Gasteiger partial charge on any atom is 0.281 e. The van der Waals surface area contributed by atoms with Crippen molar-refractivity contribution in [2.75, 3.05) is 20.2 Å². The third-order valence-electron chi connectivity index (χ3n) is 7.05. The van der Waals surface area contributed by atoms with Crippen LogP contribution in [0.2, 0.25) is 0 Å². The van der Waals surface area contributed by atoms with Gasteiger partial charge in [-0.25, -0.2) is 9.67 Å². The summed E-state index contributed by atoms with van der Waals surface area (Å²) >= 11 is 0. The number of nitrogens with one attached hydrogen (secondary N) is 1. The average Bonchev–Trinajstić information content (AvgIpc) is 3.31. The highest BCUT2D eigenvalue weighted by Crippen LogP contribution is 2.27. The maximum absolute atomic E-state index is 12.9. The lowest BCUT2D eigenvalue weighted by Gasteiger charge is -2.31. The minimum absolute atomic E-state index is 0.00207. The zero-order valence-corrected chi connectivity index (χ0v) is 21.7. The Labute approximate surface area is 215 Å². The minimum Gasteiger partial charge on any atom is -0.497 e. The molecule has 192 valence electrons. The lowest BCUT2D eigenvalue weighted by molar-refractivity contribution is 0.0711. The van der Waals surface area contributed by atoms with E-state index in [2.05, 4.69) is 60.3 Å². The molecule has 1 aliphatic heterocycles. The maximum atomic E-state index is 12.9. The number of fused-ring (bicyclic) bond motifs is 1. The van der Waals surface area contributed by atoms with Gasteiger partial charge in [-0.1, -0.05) is 50.3 Å². The fourth-order valence-electron chi connectivity index (χ4n) is 4.74. The molecule has 1 aliphatic rings. The van der Waals surface area contributed by atoms with Crippen LogP contribution in [0.25, 0.3) is 11.2 Å². The molecule has 5 rings (SSSR count). The van der Waals surface area contributed by atoms with Gasteiger partial charge in [0.2, 0.25) is 0 Å². The summed E-state index contributed by atoms with van der Waals surface area (Å²) in [6.07, 6.45) is 1.43. The van der Waals surface area contributed by atoms with Gasteiger partial charge in [-0.3, -0.25) is 9.59 Å². The van der Waals surface area contributed by atoms with Crippen molar-refractivity contribution in [1.82, 2.24) is 29.9 Å². The quantitative estimate of drug-likeness (QED) is 0.446. The van der Waals surface area contributed by atoms with Crippen molar-refractivity contribution in [3.05, 3.63) is 81.4 Å². The molecule has 1 N–H and O–H groups in total. The van der Waals surface area contributed by atoms with Gasteiger partial charge in [-0.15, -0.1) is 5.10 Å². The Hall–Kier alpha value is -4.01. The van der Waals surface area contributed by atoms with Gasteiger partial charge < -0.3 is 14.6 Å². The van der Waals surface area contributed by atoms with Crippen LogP contribution in [-0.2, 0) is 12.0 Å². The van der Waals surface area contributed by atoms with Crippen molar-refractivity contribution in [2.24, 2.45) is 0 Å². The highest BCUT2D eigenvalue weighted by Gasteiger charge is 2.27. The molecular formula is C28H32N6O3. The Kier molecular flexibility index (Phi) is 6.54. The van der Waals surface area contributed by atoms with Crippen LogP contribution < -0.4 is 10.3 Å². The lowest BCUT2D eigenvalue weighted by atomic mass is 9.87. The number of ether oxygens (including phenoxy) is 1. The molecule has 0 spiro atoms. The molecule has 9 nitrogen and oxygen atoms in total. The largest absolute Gasteiger partial charge is 0.497 e. The first kappa shape index (κ1) is 24.7. The summed E-state index contributed by atoms with van der Waals surface area (Å²) in [6.45, 7) is 8.22. The summed E-state index contributed by atoms with van der Waals surface area (Å²) in [7, 11) is 1.60. The molecular weight excluding hydrogens is 468 g/mol. The summed E-state index contributed by atoms with van der Waals surface area (Å²) in [5.41, 5.74) is 3.47. The predicted octanol–water partition coefficient (Wildman–Crippen LogP) is 3.89. The molecule has 0 radical (unpaired) electrons. The minimum atomic E-state index is -0.286. The second-order valence-electron chi connectivity index (χ2n) is 10.6. The van der Waals surface area contributed by atoms with Gasteiger partial charge in [0, 0.05) is 24.6 Å². The van der Waals surface area contributed by atoms with Gasteiger partial charge in [-0.2, -0.15) is 0 Å². The van der Waals surface area contributed by atoms with E-state index in [4.69, 9.17) is 9.72 Å². The van der Waals surface area contributed by atoms with Crippen molar-refractivity contribution < 1.29 is 9.53 Å². The first-order valence-corrected chi connectivity index (χ1v) is 12.6. The smallest absolute Gasteiger partial charge is 0.281 e. The zero-order chi connectivity index (χ0) is 26.2. The molecule has 1 fully saturated rings. The fraction of sp³-hybridized carbons (Fsp3) is 0.393. The highest BCUT2D eigenvalue weighted by atomic mass is 16.5. The van der Waals surface area contributed by atoms with Crippen LogP contribution in [0.4, 0.5) is 0 Å². The Bertz CT molecular complexity index is 1460. The number of carbonyl (C=O) groups is 1. The van der Waals surface area contributed by atoms with Gasteiger partial charge in [0.05, 0.1) is 13.7 Å². The van der Waals surface area contributed by atoms with E-state index >= 15 is 0 Å². The highest BCUT2D eigenvalue weighted by molar-refractivity contribution is 5.94. The molecule has 0 atom stereocenters. The lowest BCUT2D eigenvalue weighted by Crippen LogP contribution is -2.38. The summed E-state index contributed by atoms with van der Waals surface area (Å²) in [5.74, 6) is 1.39. The van der Waals surface area contributed by atoms with Crippen LogP contribution >= 0.6 is 0 Å². The molecule has 0 bridgehead atoms. The fourth-order valence-corrected chi connectivity index (χ4v) is 4.74. The number of rotatable bonds is 5. The van der Waals surface area contributed by atoms with Crippen LogP contribution in [0.3, 0.4) is 0 Å². The van der Waals surface area contributed by atoms with Crippen LogP contribution in [0, 0.1) is 0 Å². The number of methoxy groups -OCH3 is 1. The van der Waals surface area contributed by atoms with Crippen molar-refractivity contribution >= 4 is 17.1 Å². The second-order valence-corrected chi connectivity index (χ2v) is 10.6. The summed E-state index contributed by atoms with van der Waals surface area (Å²) in [6, 6.07) is 15.6. The van der Waals surface area contributed by atoms with E-state index < -0.39 is 0 Å². The van der Waals surface area contributed by atoms with E-state index in [1.165, 1.54) is 5.56 Å². The van der Waals surface area contributed by atoms with E-state index in [0.717, 1.165) is 11.3 Å². The van der Waals surface area contributed by atoms with Crippen molar-refractivity contribution in [1.29, 1.82) is 0 Å². The van der Waals surface area contributed by atoms with E-state index in [0.29, 0.717) is 49.5 Å². The predicted molar refractivity (Wildman–Crippen MR) is 141 cm³/mol. The van der Waals surface area contributed by atoms with Crippen molar-refractivity contribution in [3.63, 3.8) is 0 Å². The Balaban J connectivity index is 1.31. The molecule has 4 aromatic rings. The van der Waals surface area contributed by atoms with Gasteiger partial charge >= 0.3 is 0 Å². The first-order valence-electron chi connectivity index (χ1n) is 12.6. The molecule has 37 heavy (non-hydrogen) atoms. The Morgan fingerprint density at radius 1 is 1.05 bits per heavy atom. The Morgan fingerprint density at radius 2 is 1.73 bits per heavy atom. The number of aromatic amines is 1. The number of amides is 1. The summed E-state index contributed by atoms with van der Waals surface area (Å²) in [5, 5.41) is 8.30.